The Morgan fingerprint density at radius 3 is 2.45 bits per heavy atom. The number of nitrogens with zero attached hydrogens (tertiary/aromatic N) is 2. The van der Waals surface area contributed by atoms with Gasteiger partial charge in [-0.2, -0.15) is 10.5 Å². The van der Waals surface area contributed by atoms with E-state index in [1.54, 1.807) is 6.08 Å². The van der Waals surface area contributed by atoms with E-state index >= 15 is 0 Å². The summed E-state index contributed by atoms with van der Waals surface area (Å²) in [7, 11) is 0. The van der Waals surface area contributed by atoms with Crippen LogP contribution in [0.3, 0.4) is 0 Å². The van der Waals surface area contributed by atoms with E-state index in [1.165, 1.54) is 12.3 Å². The second kappa shape index (κ2) is 6.08. The van der Waals surface area contributed by atoms with Crippen LogP contribution >= 0.6 is 0 Å². The van der Waals surface area contributed by atoms with Crippen molar-refractivity contribution in [2.45, 2.75) is 0 Å². The number of allylic oxidation sites excluding steroid dienone is 3. The monoisotopic (exact) mass is 261 g/mol. The minimum atomic E-state index is -0.0346. The van der Waals surface area contributed by atoms with E-state index < -0.39 is 0 Å². The summed E-state index contributed by atoms with van der Waals surface area (Å²) in [5, 5.41) is 17.8. The van der Waals surface area contributed by atoms with Crippen molar-refractivity contribution < 1.29 is 4.74 Å². The second-order valence-corrected chi connectivity index (χ2v) is 3.95. The maximum Gasteiger partial charge on any atom is 0.150 e. The molecule has 1 heterocycles. The summed E-state index contributed by atoms with van der Waals surface area (Å²) in [4.78, 5) is 0. The molecule has 0 saturated heterocycles. The molecule has 20 heavy (non-hydrogen) atoms. The Morgan fingerprint density at radius 2 is 1.80 bits per heavy atom. The van der Waals surface area contributed by atoms with Crippen LogP contribution in [0.25, 0.3) is 6.08 Å². The van der Waals surface area contributed by atoms with Crippen molar-refractivity contribution in [3.05, 3.63) is 76.9 Å². The first-order valence-electron chi connectivity index (χ1n) is 5.87. The van der Waals surface area contributed by atoms with Gasteiger partial charge in [0.25, 0.3) is 0 Å². The minimum absolute atomic E-state index is 0.0346. The van der Waals surface area contributed by atoms with E-state index in [0.717, 1.165) is 5.56 Å². The molecule has 0 radical (unpaired) electrons. The summed E-state index contributed by atoms with van der Waals surface area (Å²) in [5.74, 6) is 0.411. The number of benzene rings is 1. The van der Waals surface area contributed by atoms with E-state index in [4.69, 9.17) is 21.0 Å². The third-order valence-electron chi connectivity index (χ3n) is 2.71. The lowest BCUT2D eigenvalue weighted by Crippen LogP contribution is -2.09. The maximum absolute atomic E-state index is 8.89. The van der Waals surface area contributed by atoms with Crippen LogP contribution in [0.15, 0.2) is 71.3 Å². The lowest BCUT2D eigenvalue weighted by Gasteiger charge is -2.13. The molecule has 1 aromatic rings. The molecule has 1 aliphatic heterocycles. The number of nitriles is 2. The maximum atomic E-state index is 8.89. The smallest absolute Gasteiger partial charge is 0.150 e. The number of hydrogen-bond donors (Lipinski definition) is 1. The van der Waals surface area contributed by atoms with Crippen LogP contribution in [0.1, 0.15) is 5.56 Å². The Morgan fingerprint density at radius 1 is 1.10 bits per heavy atom. The normalized spacial score (nSPS) is 13.8. The molecular weight excluding hydrogens is 250 g/mol. The predicted octanol–water partition coefficient (Wildman–Crippen LogP) is 2.76. The molecule has 0 fully saturated rings. The fraction of sp³-hybridized carbons (Fsp3) is 0. The van der Waals surface area contributed by atoms with Gasteiger partial charge in [0, 0.05) is 5.57 Å². The van der Waals surface area contributed by atoms with Gasteiger partial charge in [-0.25, -0.2) is 0 Å². The first kappa shape index (κ1) is 13.2. The summed E-state index contributed by atoms with van der Waals surface area (Å²) < 4.78 is 5.32. The van der Waals surface area contributed by atoms with Gasteiger partial charge in [-0.05, 0) is 17.7 Å². The Balaban J connectivity index is 2.36. The lowest BCUT2D eigenvalue weighted by molar-refractivity contribution is 0.358. The summed E-state index contributed by atoms with van der Waals surface area (Å²) in [6, 6.07) is 13.3. The molecule has 0 aromatic heterocycles. The predicted molar refractivity (Wildman–Crippen MR) is 75.2 cm³/mol. The Labute approximate surface area is 117 Å². The summed E-state index contributed by atoms with van der Waals surface area (Å²) in [6.45, 7) is 0. The molecular formula is C16H11N3O. The van der Waals surface area contributed by atoms with Gasteiger partial charge in [0.1, 0.15) is 23.5 Å². The summed E-state index contributed by atoms with van der Waals surface area (Å²) >= 11 is 0. The number of rotatable bonds is 2. The van der Waals surface area contributed by atoms with Crippen molar-refractivity contribution >= 4 is 6.08 Å². The molecule has 4 nitrogen and oxygen atoms in total. The van der Waals surface area contributed by atoms with E-state index in [0.29, 0.717) is 11.3 Å². The largest absolute Gasteiger partial charge is 0.463 e. The molecule has 0 atom stereocenters. The molecule has 0 spiro atoms. The lowest BCUT2D eigenvalue weighted by atomic mass is 10.0. The van der Waals surface area contributed by atoms with Gasteiger partial charge < -0.3 is 10.5 Å². The molecule has 0 aliphatic carbocycles. The highest BCUT2D eigenvalue weighted by Gasteiger charge is 2.14. The molecule has 0 saturated carbocycles. The SMILES string of the molecule is N#CC(C#N)=C1C=COC(C=Cc2ccccc2)=C1N. The zero-order valence-corrected chi connectivity index (χ0v) is 10.6. The van der Waals surface area contributed by atoms with Crippen LogP contribution < -0.4 is 5.73 Å². The van der Waals surface area contributed by atoms with Crippen molar-refractivity contribution in [1.82, 2.24) is 0 Å². The van der Waals surface area contributed by atoms with Gasteiger partial charge in [-0.15, -0.1) is 0 Å². The molecule has 1 aromatic carbocycles. The highest BCUT2D eigenvalue weighted by atomic mass is 16.5. The van der Waals surface area contributed by atoms with Crippen molar-refractivity contribution in [3.8, 4) is 12.1 Å². The van der Waals surface area contributed by atoms with Crippen LogP contribution in [-0.2, 0) is 4.74 Å². The number of ether oxygens (including phenoxy) is 1. The zero-order valence-electron chi connectivity index (χ0n) is 10.6. The van der Waals surface area contributed by atoms with Gasteiger partial charge in [0.05, 0.1) is 12.0 Å². The number of hydrogen-bond acceptors (Lipinski definition) is 4. The zero-order chi connectivity index (χ0) is 14.4. The molecule has 1 aliphatic rings. The molecule has 0 unspecified atom stereocenters. The second-order valence-electron chi connectivity index (χ2n) is 3.95. The van der Waals surface area contributed by atoms with Crippen LogP contribution in [-0.4, -0.2) is 0 Å². The quantitative estimate of drug-likeness (QED) is 0.830. The fourth-order valence-corrected chi connectivity index (χ4v) is 1.69. The molecule has 0 amide bonds. The molecule has 4 heteroatoms. The third kappa shape index (κ3) is 2.77. The van der Waals surface area contributed by atoms with Crippen molar-refractivity contribution in [3.63, 3.8) is 0 Å². The molecule has 0 bridgehead atoms. The first-order chi connectivity index (χ1) is 9.76. The average Bonchev–Trinajstić information content (AvgIpc) is 2.50. The summed E-state index contributed by atoms with van der Waals surface area (Å²) in [5.41, 5.74) is 7.55. The number of nitrogens with two attached hydrogens (primary N) is 1. The Hall–Kier alpha value is -3.24. The average molecular weight is 261 g/mol. The Bertz CT molecular complexity index is 694. The van der Waals surface area contributed by atoms with Gasteiger partial charge in [0.2, 0.25) is 0 Å². The molecule has 96 valence electrons. The van der Waals surface area contributed by atoms with E-state index in [1.807, 2.05) is 48.5 Å². The minimum Gasteiger partial charge on any atom is -0.463 e. The van der Waals surface area contributed by atoms with E-state index in [9.17, 15) is 0 Å². The highest BCUT2D eigenvalue weighted by molar-refractivity contribution is 5.59. The molecule has 2 N–H and O–H groups in total. The van der Waals surface area contributed by atoms with Crippen molar-refractivity contribution in [2.24, 2.45) is 5.73 Å². The van der Waals surface area contributed by atoms with Crippen molar-refractivity contribution in [1.29, 1.82) is 10.5 Å². The van der Waals surface area contributed by atoms with Gasteiger partial charge >= 0.3 is 0 Å². The van der Waals surface area contributed by atoms with E-state index in [2.05, 4.69) is 0 Å². The molecule has 2 rings (SSSR count). The van der Waals surface area contributed by atoms with Gasteiger partial charge in [0.15, 0.2) is 0 Å². The van der Waals surface area contributed by atoms with Gasteiger partial charge in [-0.3, -0.25) is 0 Å². The Kier molecular flexibility index (Phi) is 4.01. The highest BCUT2D eigenvalue weighted by Crippen LogP contribution is 2.22. The first-order valence-corrected chi connectivity index (χ1v) is 5.87. The van der Waals surface area contributed by atoms with Gasteiger partial charge in [-0.1, -0.05) is 36.4 Å². The van der Waals surface area contributed by atoms with Crippen LogP contribution in [0.5, 0.6) is 0 Å². The van der Waals surface area contributed by atoms with Crippen LogP contribution in [0.2, 0.25) is 0 Å². The summed E-state index contributed by atoms with van der Waals surface area (Å²) in [6.07, 6.45) is 6.47. The van der Waals surface area contributed by atoms with Crippen LogP contribution in [0.4, 0.5) is 0 Å². The topological polar surface area (TPSA) is 82.8 Å². The van der Waals surface area contributed by atoms with Crippen LogP contribution in [0, 0.1) is 22.7 Å². The van der Waals surface area contributed by atoms with E-state index in [-0.39, 0.29) is 11.3 Å². The van der Waals surface area contributed by atoms with Crippen molar-refractivity contribution in [2.75, 3.05) is 0 Å². The standard InChI is InChI=1S/C16H11N3O/c17-10-13(11-18)14-8-9-20-15(16(14)19)7-6-12-4-2-1-3-5-12/h1-9H,19H2. The third-order valence-corrected chi connectivity index (χ3v) is 2.71. The fourth-order valence-electron chi connectivity index (χ4n) is 1.69.